The summed E-state index contributed by atoms with van der Waals surface area (Å²) in [6.07, 6.45) is 0. The average Bonchev–Trinajstić information content (AvgIpc) is 2.73. The fraction of sp³-hybridized carbons (Fsp3) is 0.0714. The number of aromatic nitrogens is 1. The highest BCUT2D eigenvalue weighted by Gasteiger charge is 2.06. The highest BCUT2D eigenvalue weighted by molar-refractivity contribution is 7.22. The lowest BCUT2D eigenvalue weighted by molar-refractivity contribution is 0.632. The van der Waals surface area contributed by atoms with Crippen LogP contribution in [0.1, 0.15) is 5.56 Å². The van der Waals surface area contributed by atoms with Crippen LogP contribution >= 0.6 is 11.3 Å². The normalized spacial score (nSPS) is 10.8. The second-order valence-electron chi connectivity index (χ2n) is 4.10. The molecule has 90 valence electrons. The van der Waals surface area contributed by atoms with Crippen LogP contribution in [0.25, 0.3) is 10.2 Å². The van der Waals surface area contributed by atoms with Gasteiger partial charge in [-0.2, -0.15) is 0 Å². The Hall–Kier alpha value is -1.94. The van der Waals surface area contributed by atoms with Gasteiger partial charge < -0.3 is 5.32 Å². The number of para-hydroxylation sites is 1. The van der Waals surface area contributed by atoms with E-state index in [4.69, 9.17) is 0 Å². The molecule has 0 unspecified atom stereocenters. The lowest BCUT2D eigenvalue weighted by Gasteiger charge is -2.02. The van der Waals surface area contributed by atoms with Crippen molar-refractivity contribution >= 4 is 32.4 Å². The van der Waals surface area contributed by atoms with Gasteiger partial charge in [-0.3, -0.25) is 0 Å². The maximum absolute atomic E-state index is 13.5. The van der Waals surface area contributed by atoms with Gasteiger partial charge in [-0.1, -0.05) is 29.5 Å². The lowest BCUT2D eigenvalue weighted by atomic mass is 10.2. The predicted molar refractivity (Wildman–Crippen MR) is 74.0 cm³/mol. The third-order valence-electron chi connectivity index (χ3n) is 2.66. The molecule has 0 amide bonds. The molecule has 2 nitrogen and oxygen atoms in total. The molecule has 3 aromatic rings. The molecule has 2 aromatic carbocycles. The smallest absolute Gasteiger partial charge is 0.188 e. The van der Waals surface area contributed by atoms with Gasteiger partial charge in [0.2, 0.25) is 0 Å². The Balaban J connectivity index is 1.98. The van der Waals surface area contributed by atoms with Crippen molar-refractivity contribution in [3.05, 3.63) is 53.8 Å². The maximum Gasteiger partial charge on any atom is 0.188 e. The van der Waals surface area contributed by atoms with Gasteiger partial charge in [-0.25, -0.2) is 9.37 Å². The van der Waals surface area contributed by atoms with Gasteiger partial charge in [-0.05, 0) is 36.8 Å². The van der Waals surface area contributed by atoms with Crippen LogP contribution in [0.5, 0.6) is 0 Å². The SMILES string of the molecule is Cc1ccc2sc(Nc3ccccc3F)nc2c1. The minimum absolute atomic E-state index is 0.270. The first-order chi connectivity index (χ1) is 8.72. The molecular formula is C14H11FN2S. The summed E-state index contributed by atoms with van der Waals surface area (Å²) in [7, 11) is 0. The van der Waals surface area contributed by atoms with Crippen LogP contribution in [0.4, 0.5) is 15.2 Å². The number of benzene rings is 2. The Labute approximate surface area is 108 Å². The quantitative estimate of drug-likeness (QED) is 0.732. The first kappa shape index (κ1) is 11.2. The number of rotatable bonds is 2. The topological polar surface area (TPSA) is 24.9 Å². The minimum Gasteiger partial charge on any atom is -0.329 e. The van der Waals surface area contributed by atoms with Crippen LogP contribution in [-0.2, 0) is 0 Å². The number of nitrogens with one attached hydrogen (secondary N) is 1. The summed E-state index contributed by atoms with van der Waals surface area (Å²) in [6.45, 7) is 2.03. The molecule has 0 bridgehead atoms. The standard InChI is InChI=1S/C14H11FN2S/c1-9-6-7-13-12(8-9)17-14(18-13)16-11-5-3-2-4-10(11)15/h2-8H,1H3,(H,16,17). The first-order valence-electron chi connectivity index (χ1n) is 5.61. The van der Waals surface area contributed by atoms with Gasteiger partial charge in [0.05, 0.1) is 15.9 Å². The Morgan fingerprint density at radius 3 is 2.83 bits per heavy atom. The molecule has 0 radical (unpaired) electrons. The number of thiazole rings is 1. The molecule has 1 heterocycles. The number of hydrogen-bond acceptors (Lipinski definition) is 3. The summed E-state index contributed by atoms with van der Waals surface area (Å²) in [5, 5.41) is 3.72. The molecular weight excluding hydrogens is 247 g/mol. The summed E-state index contributed by atoms with van der Waals surface area (Å²) in [5.74, 6) is -0.270. The van der Waals surface area contributed by atoms with E-state index < -0.39 is 0 Å². The number of halogens is 1. The Bertz CT molecular complexity index is 706. The molecule has 0 saturated heterocycles. The van der Waals surface area contributed by atoms with Gasteiger partial charge in [0.1, 0.15) is 5.82 Å². The molecule has 1 aromatic heterocycles. The summed E-state index contributed by atoms with van der Waals surface area (Å²) in [5.41, 5.74) is 2.57. The molecule has 18 heavy (non-hydrogen) atoms. The van der Waals surface area contributed by atoms with E-state index in [0.29, 0.717) is 10.8 Å². The maximum atomic E-state index is 13.5. The summed E-state index contributed by atoms with van der Waals surface area (Å²) >= 11 is 1.52. The monoisotopic (exact) mass is 258 g/mol. The second kappa shape index (κ2) is 4.38. The van der Waals surface area contributed by atoms with Crippen molar-refractivity contribution in [1.82, 2.24) is 4.98 Å². The van der Waals surface area contributed by atoms with Gasteiger partial charge >= 0.3 is 0 Å². The molecule has 1 N–H and O–H groups in total. The summed E-state index contributed by atoms with van der Waals surface area (Å²) in [6, 6.07) is 12.7. The Morgan fingerprint density at radius 2 is 2.00 bits per heavy atom. The van der Waals surface area contributed by atoms with Crippen molar-refractivity contribution in [2.75, 3.05) is 5.32 Å². The Kier molecular flexibility index (Phi) is 2.72. The lowest BCUT2D eigenvalue weighted by Crippen LogP contribution is -1.91. The number of aryl methyl sites for hydroxylation is 1. The van der Waals surface area contributed by atoms with E-state index in [9.17, 15) is 4.39 Å². The molecule has 4 heteroatoms. The zero-order valence-electron chi connectivity index (χ0n) is 9.77. The van der Waals surface area contributed by atoms with E-state index in [1.165, 1.54) is 23.0 Å². The molecule has 0 aliphatic carbocycles. The average molecular weight is 258 g/mol. The zero-order valence-corrected chi connectivity index (χ0v) is 10.6. The van der Waals surface area contributed by atoms with Crippen LogP contribution < -0.4 is 5.32 Å². The van der Waals surface area contributed by atoms with Crippen LogP contribution in [0.15, 0.2) is 42.5 Å². The van der Waals surface area contributed by atoms with E-state index in [0.717, 1.165) is 10.2 Å². The van der Waals surface area contributed by atoms with Gasteiger partial charge in [0.25, 0.3) is 0 Å². The summed E-state index contributed by atoms with van der Waals surface area (Å²) < 4.78 is 14.6. The number of fused-ring (bicyclic) bond motifs is 1. The highest BCUT2D eigenvalue weighted by atomic mass is 32.1. The number of anilines is 2. The van der Waals surface area contributed by atoms with E-state index in [1.807, 2.05) is 25.1 Å². The van der Waals surface area contributed by atoms with E-state index in [-0.39, 0.29) is 5.82 Å². The van der Waals surface area contributed by atoms with Crippen molar-refractivity contribution in [2.45, 2.75) is 6.92 Å². The van der Waals surface area contributed by atoms with Crippen LogP contribution in [0.3, 0.4) is 0 Å². The van der Waals surface area contributed by atoms with Crippen molar-refractivity contribution < 1.29 is 4.39 Å². The van der Waals surface area contributed by atoms with E-state index >= 15 is 0 Å². The largest absolute Gasteiger partial charge is 0.329 e. The summed E-state index contributed by atoms with van der Waals surface area (Å²) in [4.78, 5) is 4.45. The third kappa shape index (κ3) is 2.07. The molecule has 0 saturated carbocycles. The minimum atomic E-state index is -0.270. The zero-order chi connectivity index (χ0) is 12.5. The van der Waals surface area contributed by atoms with Crippen molar-refractivity contribution in [3.63, 3.8) is 0 Å². The molecule has 0 spiro atoms. The molecule has 0 atom stereocenters. The van der Waals surface area contributed by atoms with Crippen molar-refractivity contribution in [3.8, 4) is 0 Å². The molecule has 0 fully saturated rings. The van der Waals surface area contributed by atoms with Crippen molar-refractivity contribution in [1.29, 1.82) is 0 Å². The van der Waals surface area contributed by atoms with Gasteiger partial charge in [-0.15, -0.1) is 0 Å². The van der Waals surface area contributed by atoms with Crippen LogP contribution in [-0.4, -0.2) is 4.98 Å². The third-order valence-corrected chi connectivity index (χ3v) is 3.61. The fourth-order valence-corrected chi connectivity index (χ4v) is 2.63. The van der Waals surface area contributed by atoms with E-state index in [2.05, 4.69) is 10.3 Å². The van der Waals surface area contributed by atoms with Crippen LogP contribution in [0, 0.1) is 12.7 Å². The van der Waals surface area contributed by atoms with Gasteiger partial charge in [0.15, 0.2) is 5.13 Å². The van der Waals surface area contributed by atoms with E-state index in [1.54, 1.807) is 18.2 Å². The van der Waals surface area contributed by atoms with Gasteiger partial charge in [0, 0.05) is 0 Å². The predicted octanol–water partition coefficient (Wildman–Crippen LogP) is 4.49. The molecule has 3 rings (SSSR count). The molecule has 0 aliphatic rings. The highest BCUT2D eigenvalue weighted by Crippen LogP contribution is 2.29. The van der Waals surface area contributed by atoms with Crippen LogP contribution in [0.2, 0.25) is 0 Å². The number of hydrogen-bond donors (Lipinski definition) is 1. The first-order valence-corrected chi connectivity index (χ1v) is 6.43. The fourth-order valence-electron chi connectivity index (χ4n) is 1.77. The number of nitrogens with zero attached hydrogens (tertiary/aromatic N) is 1. The van der Waals surface area contributed by atoms with Crippen molar-refractivity contribution in [2.24, 2.45) is 0 Å². The molecule has 0 aliphatic heterocycles. The second-order valence-corrected chi connectivity index (χ2v) is 5.13. The Morgan fingerprint density at radius 1 is 1.17 bits per heavy atom.